The van der Waals surface area contributed by atoms with Gasteiger partial charge < -0.3 is 0 Å². The Hall–Kier alpha value is -2.59. The van der Waals surface area contributed by atoms with Crippen LogP contribution in [0.5, 0.6) is 0 Å². The largest absolute Gasteiger partial charge is 0.417 e. The third-order valence-corrected chi connectivity index (χ3v) is 4.31. The second-order valence-corrected chi connectivity index (χ2v) is 6.13. The predicted molar refractivity (Wildman–Crippen MR) is 87.9 cm³/mol. The summed E-state index contributed by atoms with van der Waals surface area (Å²) in [5.74, 6) is 0.0990. The Bertz CT molecular complexity index is 1030. The van der Waals surface area contributed by atoms with Crippen molar-refractivity contribution in [3.05, 3.63) is 57.0 Å². The number of halogens is 4. The monoisotopic (exact) mass is 365 g/mol. The molecule has 2 heterocycles. The van der Waals surface area contributed by atoms with E-state index in [1.165, 1.54) is 0 Å². The van der Waals surface area contributed by atoms with Gasteiger partial charge in [-0.15, -0.1) is 0 Å². The Morgan fingerprint density at radius 3 is 2.76 bits per heavy atom. The number of alkyl halides is 3. The lowest BCUT2D eigenvalue weighted by molar-refractivity contribution is -0.137. The van der Waals surface area contributed by atoms with E-state index in [4.69, 9.17) is 11.6 Å². The van der Waals surface area contributed by atoms with E-state index < -0.39 is 17.3 Å². The summed E-state index contributed by atoms with van der Waals surface area (Å²) in [4.78, 5) is 16.4. The number of rotatable bonds is 1. The first-order valence-corrected chi connectivity index (χ1v) is 7.71. The minimum Gasteiger partial charge on any atom is -0.278 e. The average molecular weight is 366 g/mol. The molecule has 0 aliphatic heterocycles. The molecule has 0 bridgehead atoms. The van der Waals surface area contributed by atoms with E-state index in [-0.39, 0.29) is 27.5 Å². The van der Waals surface area contributed by atoms with Crippen LogP contribution in [0.15, 0.2) is 35.3 Å². The van der Waals surface area contributed by atoms with Gasteiger partial charge in [-0.2, -0.15) is 18.4 Å². The summed E-state index contributed by atoms with van der Waals surface area (Å²) in [5, 5.41) is 8.99. The number of allylic oxidation sites excluding steroid dienone is 4. The average Bonchev–Trinajstić information content (AvgIpc) is 2.54. The van der Waals surface area contributed by atoms with Gasteiger partial charge in [-0.1, -0.05) is 30.7 Å². The van der Waals surface area contributed by atoms with E-state index in [0.29, 0.717) is 18.3 Å². The number of fused-ring (bicyclic) bond motifs is 1. The number of aromatic nitrogens is 2. The quantitative estimate of drug-likeness (QED) is 0.753. The molecule has 0 N–H and O–H groups in total. The predicted octanol–water partition coefficient (Wildman–Crippen LogP) is 4.38. The van der Waals surface area contributed by atoms with E-state index >= 15 is 0 Å². The maximum Gasteiger partial charge on any atom is 0.417 e. The van der Waals surface area contributed by atoms with Gasteiger partial charge in [0.05, 0.1) is 16.1 Å². The Labute approximate surface area is 145 Å². The summed E-state index contributed by atoms with van der Waals surface area (Å²) in [5.41, 5.74) is -1.70. The van der Waals surface area contributed by atoms with Crippen molar-refractivity contribution in [3.63, 3.8) is 0 Å². The molecule has 8 heteroatoms. The van der Waals surface area contributed by atoms with Gasteiger partial charge in [-0.05, 0) is 24.5 Å². The van der Waals surface area contributed by atoms with Crippen LogP contribution in [0.1, 0.15) is 24.5 Å². The number of nitrogens with zero attached hydrogens (tertiary/aromatic N) is 3. The highest BCUT2D eigenvalue weighted by molar-refractivity contribution is 6.36. The van der Waals surface area contributed by atoms with E-state index in [2.05, 4.69) is 4.98 Å². The van der Waals surface area contributed by atoms with Crippen molar-refractivity contribution in [2.45, 2.75) is 19.5 Å². The van der Waals surface area contributed by atoms with Crippen molar-refractivity contribution >= 4 is 28.3 Å². The zero-order chi connectivity index (χ0) is 18.4. The van der Waals surface area contributed by atoms with Gasteiger partial charge in [-0.3, -0.25) is 14.3 Å². The SMILES string of the molecule is CC1C=CC=C(n2c(=O)c(C#N)c(Cl)c3ncc(C(F)(F)F)cc32)C1. The molecule has 2 aromatic heterocycles. The number of hydrogen-bond acceptors (Lipinski definition) is 3. The van der Waals surface area contributed by atoms with Crippen LogP contribution in [-0.2, 0) is 6.18 Å². The highest BCUT2D eigenvalue weighted by atomic mass is 35.5. The minimum atomic E-state index is -4.61. The van der Waals surface area contributed by atoms with Crippen LogP contribution in [0.25, 0.3) is 16.7 Å². The summed E-state index contributed by atoms with van der Waals surface area (Å²) < 4.78 is 40.3. The molecule has 1 aliphatic rings. The molecule has 0 aromatic carbocycles. The fourth-order valence-electron chi connectivity index (χ4n) is 2.75. The number of hydrogen-bond donors (Lipinski definition) is 0. The molecule has 0 amide bonds. The molecule has 0 spiro atoms. The summed E-state index contributed by atoms with van der Waals surface area (Å²) in [7, 11) is 0. The minimum absolute atomic E-state index is 0.0195. The Morgan fingerprint density at radius 2 is 2.16 bits per heavy atom. The zero-order valence-electron chi connectivity index (χ0n) is 12.9. The zero-order valence-corrected chi connectivity index (χ0v) is 13.7. The van der Waals surface area contributed by atoms with Gasteiger partial charge in [0.1, 0.15) is 17.1 Å². The van der Waals surface area contributed by atoms with Gasteiger partial charge in [-0.25, -0.2) is 0 Å². The highest BCUT2D eigenvalue weighted by Crippen LogP contribution is 2.34. The van der Waals surface area contributed by atoms with Crippen molar-refractivity contribution in [2.75, 3.05) is 0 Å². The molecular weight excluding hydrogens is 355 g/mol. The molecule has 2 aromatic rings. The van der Waals surface area contributed by atoms with Gasteiger partial charge in [0.15, 0.2) is 0 Å². The number of pyridine rings is 2. The topological polar surface area (TPSA) is 58.7 Å². The van der Waals surface area contributed by atoms with Gasteiger partial charge in [0.25, 0.3) is 5.56 Å². The van der Waals surface area contributed by atoms with Crippen LogP contribution in [0.2, 0.25) is 5.02 Å². The first-order valence-electron chi connectivity index (χ1n) is 7.33. The van der Waals surface area contributed by atoms with Crippen LogP contribution in [0, 0.1) is 17.2 Å². The Balaban J connectivity index is 2.44. The maximum atomic E-state index is 13.1. The third-order valence-electron chi connectivity index (χ3n) is 3.94. The molecular formula is C17H11ClF3N3O. The second-order valence-electron chi connectivity index (χ2n) is 5.76. The Kier molecular flexibility index (Phi) is 4.17. The van der Waals surface area contributed by atoms with Crippen molar-refractivity contribution in [2.24, 2.45) is 5.92 Å². The molecule has 0 saturated carbocycles. The van der Waals surface area contributed by atoms with E-state index in [9.17, 15) is 23.2 Å². The molecule has 25 heavy (non-hydrogen) atoms. The lowest BCUT2D eigenvalue weighted by Crippen LogP contribution is -2.25. The van der Waals surface area contributed by atoms with Crippen LogP contribution < -0.4 is 5.56 Å². The van der Waals surface area contributed by atoms with Gasteiger partial charge in [0.2, 0.25) is 0 Å². The van der Waals surface area contributed by atoms with Crippen molar-refractivity contribution < 1.29 is 13.2 Å². The molecule has 4 nitrogen and oxygen atoms in total. The molecule has 1 atom stereocenters. The molecule has 1 aliphatic carbocycles. The standard InChI is InChI=1S/C17H11ClF3N3O/c1-9-3-2-4-11(5-9)24-13-6-10(17(19,20)21)8-23-15(13)14(18)12(7-22)16(24)25/h2-4,6,8-9H,5H2,1H3. The normalized spacial score (nSPS) is 17.4. The Morgan fingerprint density at radius 1 is 1.44 bits per heavy atom. The van der Waals surface area contributed by atoms with Crippen molar-refractivity contribution in [1.29, 1.82) is 5.26 Å². The summed E-state index contributed by atoms with van der Waals surface area (Å²) in [6.07, 6.45) is 1.74. The summed E-state index contributed by atoms with van der Waals surface area (Å²) >= 11 is 6.04. The van der Waals surface area contributed by atoms with Gasteiger partial charge >= 0.3 is 6.18 Å². The number of nitriles is 1. The summed E-state index contributed by atoms with van der Waals surface area (Å²) in [6, 6.07) is 2.55. The highest BCUT2D eigenvalue weighted by Gasteiger charge is 2.32. The van der Waals surface area contributed by atoms with Crippen LogP contribution >= 0.6 is 11.6 Å². The van der Waals surface area contributed by atoms with Crippen molar-refractivity contribution in [1.82, 2.24) is 9.55 Å². The fraction of sp³-hybridized carbons (Fsp3) is 0.235. The lowest BCUT2D eigenvalue weighted by atomic mass is 9.99. The smallest absolute Gasteiger partial charge is 0.278 e. The van der Waals surface area contributed by atoms with E-state index in [0.717, 1.165) is 10.6 Å². The van der Waals surface area contributed by atoms with E-state index in [1.807, 2.05) is 13.0 Å². The van der Waals surface area contributed by atoms with E-state index in [1.54, 1.807) is 18.2 Å². The maximum absolute atomic E-state index is 13.1. The molecule has 0 radical (unpaired) electrons. The first-order chi connectivity index (χ1) is 11.7. The van der Waals surface area contributed by atoms with Crippen LogP contribution in [0.3, 0.4) is 0 Å². The fourth-order valence-corrected chi connectivity index (χ4v) is 3.02. The van der Waals surface area contributed by atoms with Crippen molar-refractivity contribution in [3.8, 4) is 6.07 Å². The molecule has 3 rings (SSSR count). The first kappa shape index (κ1) is 17.2. The lowest BCUT2D eigenvalue weighted by Gasteiger charge is -2.20. The third kappa shape index (κ3) is 2.94. The molecule has 0 fully saturated rings. The summed E-state index contributed by atoms with van der Waals surface area (Å²) in [6.45, 7) is 1.91. The van der Waals surface area contributed by atoms with Crippen LogP contribution in [-0.4, -0.2) is 9.55 Å². The molecule has 1 unspecified atom stereocenters. The van der Waals surface area contributed by atoms with Gasteiger partial charge in [0, 0.05) is 11.9 Å². The van der Waals surface area contributed by atoms with Crippen LogP contribution in [0.4, 0.5) is 13.2 Å². The second kappa shape index (κ2) is 6.05. The molecule has 128 valence electrons. The molecule has 0 saturated heterocycles.